The lowest BCUT2D eigenvalue weighted by molar-refractivity contribution is 0.196. The monoisotopic (exact) mass is 335 g/mol. The maximum absolute atomic E-state index is 5.76. The fourth-order valence-corrected chi connectivity index (χ4v) is 2.20. The average molecular weight is 335 g/mol. The molecule has 0 aliphatic carbocycles. The van der Waals surface area contributed by atoms with Crippen LogP contribution in [0.15, 0.2) is 28.7 Å². The molecule has 126 valence electrons. The van der Waals surface area contributed by atoms with Crippen LogP contribution < -0.4 is 4.74 Å². The second-order valence-corrected chi connectivity index (χ2v) is 7.16. The second kappa shape index (κ2) is 7.27. The number of hydrogen-bond acceptors (Lipinski definition) is 5. The van der Waals surface area contributed by atoms with E-state index in [1.54, 1.807) is 4.68 Å². The van der Waals surface area contributed by atoms with Crippen LogP contribution in [-0.2, 0) is 12.1 Å². The van der Waals surface area contributed by atoms with E-state index in [4.69, 9.17) is 21.4 Å². The van der Waals surface area contributed by atoms with Gasteiger partial charge in [0.15, 0.2) is 0 Å². The highest BCUT2D eigenvalue weighted by Gasteiger charge is 2.21. The molecule has 0 saturated carbocycles. The van der Waals surface area contributed by atoms with Crippen molar-refractivity contribution in [2.24, 2.45) is 0 Å². The summed E-state index contributed by atoms with van der Waals surface area (Å²) >= 11 is 5.24. The zero-order chi connectivity index (χ0) is 17.0. The molecule has 2 aromatic rings. The van der Waals surface area contributed by atoms with Crippen LogP contribution in [0.2, 0.25) is 0 Å². The zero-order valence-corrected chi connectivity index (χ0v) is 15.3. The van der Waals surface area contributed by atoms with E-state index in [1.807, 2.05) is 25.2 Å². The van der Waals surface area contributed by atoms with E-state index in [0.29, 0.717) is 24.0 Å². The van der Waals surface area contributed by atoms with Gasteiger partial charge in [-0.25, -0.2) is 4.68 Å². The number of ether oxygens (including phenoxy) is 1. The summed E-state index contributed by atoms with van der Waals surface area (Å²) in [5, 5.41) is 4.46. The van der Waals surface area contributed by atoms with Crippen LogP contribution in [0.4, 0.5) is 0 Å². The first-order chi connectivity index (χ1) is 10.8. The Morgan fingerprint density at radius 2 is 2.09 bits per heavy atom. The molecular weight excluding hydrogens is 310 g/mol. The summed E-state index contributed by atoms with van der Waals surface area (Å²) in [6.45, 7) is 10.2. The van der Waals surface area contributed by atoms with Gasteiger partial charge in [0, 0.05) is 12.0 Å². The third-order valence-electron chi connectivity index (χ3n) is 3.35. The van der Waals surface area contributed by atoms with Gasteiger partial charge >= 0.3 is 0 Å². The predicted octanol–water partition coefficient (Wildman–Crippen LogP) is 3.78. The zero-order valence-electron chi connectivity index (χ0n) is 14.5. The van der Waals surface area contributed by atoms with Gasteiger partial charge in [0.1, 0.15) is 12.4 Å². The molecule has 0 N–H and O–H groups in total. The minimum absolute atomic E-state index is 0.147. The summed E-state index contributed by atoms with van der Waals surface area (Å²) in [4.78, 5) is 2.50. The molecular formula is C17H25N3O2S. The Hall–Kier alpha value is -1.66. The van der Waals surface area contributed by atoms with E-state index in [0.717, 1.165) is 12.3 Å². The van der Waals surface area contributed by atoms with Crippen molar-refractivity contribution in [3.8, 4) is 5.75 Å². The number of benzene rings is 1. The number of likely N-dealkylation sites (N-methyl/N-ethyl adjacent to an activating group) is 1. The van der Waals surface area contributed by atoms with Crippen molar-refractivity contribution in [1.29, 1.82) is 0 Å². The number of rotatable bonds is 6. The van der Waals surface area contributed by atoms with Crippen molar-refractivity contribution in [2.75, 3.05) is 20.2 Å². The lowest BCUT2D eigenvalue weighted by Gasteiger charge is -2.16. The smallest absolute Gasteiger partial charge is 0.288 e. The van der Waals surface area contributed by atoms with Crippen molar-refractivity contribution >= 4 is 12.2 Å². The molecule has 0 saturated heterocycles. The van der Waals surface area contributed by atoms with Crippen molar-refractivity contribution < 1.29 is 9.15 Å². The van der Waals surface area contributed by atoms with E-state index in [9.17, 15) is 0 Å². The highest BCUT2D eigenvalue weighted by Crippen LogP contribution is 2.20. The Morgan fingerprint density at radius 3 is 2.70 bits per heavy atom. The van der Waals surface area contributed by atoms with E-state index in [-0.39, 0.29) is 5.41 Å². The minimum atomic E-state index is -0.147. The third-order valence-corrected chi connectivity index (χ3v) is 3.65. The van der Waals surface area contributed by atoms with Gasteiger partial charge in [-0.15, -0.1) is 5.10 Å². The summed E-state index contributed by atoms with van der Waals surface area (Å²) < 4.78 is 13.1. The van der Waals surface area contributed by atoms with Crippen molar-refractivity contribution in [3.63, 3.8) is 0 Å². The first kappa shape index (κ1) is 17.7. The summed E-state index contributed by atoms with van der Waals surface area (Å²) in [5.74, 6) is 1.55. The quantitative estimate of drug-likeness (QED) is 0.752. The Kier molecular flexibility index (Phi) is 5.59. The molecule has 0 bridgehead atoms. The molecule has 1 heterocycles. The minimum Gasteiger partial charge on any atom is -0.492 e. The molecule has 0 aliphatic rings. The first-order valence-electron chi connectivity index (χ1n) is 7.72. The summed E-state index contributed by atoms with van der Waals surface area (Å²) in [6, 6.07) is 8.05. The second-order valence-electron chi connectivity index (χ2n) is 6.81. The molecule has 0 unspecified atom stereocenters. The first-order valence-corrected chi connectivity index (χ1v) is 8.13. The van der Waals surface area contributed by atoms with Gasteiger partial charge in [0.05, 0.1) is 6.67 Å². The van der Waals surface area contributed by atoms with Gasteiger partial charge in [0.2, 0.25) is 5.89 Å². The van der Waals surface area contributed by atoms with Crippen LogP contribution >= 0.6 is 12.2 Å². The van der Waals surface area contributed by atoms with Gasteiger partial charge in [-0.1, -0.05) is 32.9 Å². The molecule has 0 fully saturated rings. The fraction of sp³-hybridized carbons (Fsp3) is 0.529. The standard InChI is InChI=1S/C17H25N3O2S/c1-13-7-6-8-14(11-13)21-10-9-19(5)12-20-16(23)22-15(18-20)17(2,3)4/h6-8,11H,9-10,12H2,1-5H3. The molecule has 23 heavy (non-hydrogen) atoms. The molecule has 0 atom stereocenters. The molecule has 1 aromatic carbocycles. The van der Waals surface area contributed by atoms with Gasteiger partial charge in [-0.3, -0.25) is 4.90 Å². The molecule has 5 nitrogen and oxygen atoms in total. The highest BCUT2D eigenvalue weighted by molar-refractivity contribution is 7.71. The van der Waals surface area contributed by atoms with Crippen LogP contribution in [0, 0.1) is 11.8 Å². The number of aryl methyl sites for hydroxylation is 1. The molecule has 0 amide bonds. The third kappa shape index (κ3) is 5.18. The molecule has 0 aliphatic heterocycles. The largest absolute Gasteiger partial charge is 0.492 e. The Labute approximate surface area is 142 Å². The van der Waals surface area contributed by atoms with Crippen LogP contribution in [0.3, 0.4) is 0 Å². The van der Waals surface area contributed by atoms with E-state index < -0.39 is 0 Å². The summed E-state index contributed by atoms with van der Waals surface area (Å²) in [5.41, 5.74) is 1.05. The van der Waals surface area contributed by atoms with E-state index >= 15 is 0 Å². The van der Waals surface area contributed by atoms with E-state index in [1.165, 1.54) is 5.56 Å². The Balaban J connectivity index is 1.86. The Bertz CT molecular complexity index is 700. The van der Waals surface area contributed by atoms with Crippen molar-refractivity contribution in [1.82, 2.24) is 14.7 Å². The summed E-state index contributed by atoms with van der Waals surface area (Å²) in [6.07, 6.45) is 0. The normalized spacial score (nSPS) is 11.9. The van der Waals surface area contributed by atoms with Gasteiger partial charge < -0.3 is 9.15 Å². The van der Waals surface area contributed by atoms with Crippen LogP contribution in [-0.4, -0.2) is 34.9 Å². The van der Waals surface area contributed by atoms with Gasteiger partial charge in [-0.05, 0) is 43.9 Å². The lowest BCUT2D eigenvalue weighted by atomic mass is 9.97. The molecule has 2 rings (SSSR count). The molecule has 1 aromatic heterocycles. The average Bonchev–Trinajstić information content (AvgIpc) is 2.80. The maximum atomic E-state index is 5.76. The van der Waals surface area contributed by atoms with Crippen molar-refractivity contribution in [2.45, 2.75) is 39.8 Å². The van der Waals surface area contributed by atoms with Crippen LogP contribution in [0.5, 0.6) is 5.75 Å². The van der Waals surface area contributed by atoms with Gasteiger partial charge in [-0.2, -0.15) is 0 Å². The predicted molar refractivity (Wildman–Crippen MR) is 93.3 cm³/mol. The summed E-state index contributed by atoms with van der Waals surface area (Å²) in [7, 11) is 2.01. The fourth-order valence-electron chi connectivity index (χ4n) is 2.02. The van der Waals surface area contributed by atoms with Gasteiger partial charge in [0.25, 0.3) is 4.84 Å². The molecule has 0 radical (unpaired) electrons. The number of aromatic nitrogens is 2. The van der Waals surface area contributed by atoms with Crippen LogP contribution in [0.25, 0.3) is 0 Å². The van der Waals surface area contributed by atoms with Crippen molar-refractivity contribution in [3.05, 3.63) is 40.6 Å². The van der Waals surface area contributed by atoms with E-state index in [2.05, 4.69) is 43.8 Å². The number of nitrogens with zero attached hydrogens (tertiary/aromatic N) is 3. The molecule has 0 spiro atoms. The maximum Gasteiger partial charge on any atom is 0.288 e. The Morgan fingerprint density at radius 1 is 1.35 bits per heavy atom. The topological polar surface area (TPSA) is 43.4 Å². The highest BCUT2D eigenvalue weighted by atomic mass is 32.1. The molecule has 6 heteroatoms. The lowest BCUT2D eigenvalue weighted by Crippen LogP contribution is -2.27. The number of hydrogen-bond donors (Lipinski definition) is 0. The van der Waals surface area contributed by atoms with Crippen LogP contribution in [0.1, 0.15) is 32.2 Å². The SMILES string of the molecule is Cc1cccc(OCCN(C)Cn2nc(C(C)(C)C)oc2=S)c1.